The van der Waals surface area contributed by atoms with Gasteiger partial charge in [0.1, 0.15) is 0 Å². The third-order valence-corrected chi connectivity index (χ3v) is 4.33. The third-order valence-electron chi connectivity index (χ3n) is 3.83. The van der Waals surface area contributed by atoms with Crippen molar-refractivity contribution in [3.8, 4) is 0 Å². The van der Waals surface area contributed by atoms with E-state index < -0.39 is 0 Å². The van der Waals surface area contributed by atoms with Crippen molar-refractivity contribution in [3.05, 3.63) is 0 Å². The minimum absolute atomic E-state index is 0.175. The molecule has 0 saturated carbocycles. The second-order valence-corrected chi connectivity index (χ2v) is 6.09. The molecule has 0 spiro atoms. The van der Waals surface area contributed by atoms with Gasteiger partial charge in [0.15, 0.2) is 0 Å². The highest BCUT2D eigenvalue weighted by Gasteiger charge is 2.33. The van der Waals surface area contributed by atoms with Gasteiger partial charge in [-0.15, -0.1) is 0 Å². The van der Waals surface area contributed by atoms with Crippen LogP contribution in [-0.2, 0) is 9.53 Å². The summed E-state index contributed by atoms with van der Waals surface area (Å²) < 4.78 is 5.36. The second kappa shape index (κ2) is 7.90. The van der Waals surface area contributed by atoms with Crippen LogP contribution in [0.5, 0.6) is 0 Å². The summed E-state index contributed by atoms with van der Waals surface area (Å²) in [7, 11) is 0. The highest BCUT2D eigenvalue weighted by molar-refractivity contribution is 7.80. The Morgan fingerprint density at radius 3 is 2.35 bits per heavy atom. The standard InChI is InChI=1S/C14H27N3O2S/c1-4-10-19-11-5-12(18)16-6-8-17(9-7-16)14(2,3)13(15)20/h4-11H2,1-3H3,(H2,15,20). The first kappa shape index (κ1) is 17.3. The topological polar surface area (TPSA) is 58.8 Å². The number of piperazine rings is 1. The normalized spacial score (nSPS) is 17.2. The van der Waals surface area contributed by atoms with Gasteiger partial charge in [0.05, 0.1) is 23.6 Å². The maximum Gasteiger partial charge on any atom is 0.224 e. The zero-order valence-corrected chi connectivity index (χ0v) is 13.7. The summed E-state index contributed by atoms with van der Waals surface area (Å²) in [4.78, 5) is 16.7. The van der Waals surface area contributed by atoms with Crippen LogP contribution in [0.25, 0.3) is 0 Å². The molecule has 1 aliphatic heterocycles. The molecule has 20 heavy (non-hydrogen) atoms. The molecule has 0 aliphatic carbocycles. The minimum atomic E-state index is -0.283. The molecule has 0 radical (unpaired) electrons. The monoisotopic (exact) mass is 301 g/mol. The lowest BCUT2D eigenvalue weighted by atomic mass is 10.0. The smallest absolute Gasteiger partial charge is 0.224 e. The molecule has 1 saturated heterocycles. The first-order valence-electron chi connectivity index (χ1n) is 7.30. The molecule has 0 unspecified atom stereocenters. The van der Waals surface area contributed by atoms with Crippen molar-refractivity contribution in [1.29, 1.82) is 0 Å². The Balaban J connectivity index is 2.35. The molecule has 0 atom stereocenters. The minimum Gasteiger partial charge on any atom is -0.392 e. The largest absolute Gasteiger partial charge is 0.392 e. The van der Waals surface area contributed by atoms with Gasteiger partial charge in [-0.1, -0.05) is 19.1 Å². The van der Waals surface area contributed by atoms with Crippen LogP contribution in [0.1, 0.15) is 33.6 Å². The van der Waals surface area contributed by atoms with Crippen LogP contribution in [0.4, 0.5) is 0 Å². The van der Waals surface area contributed by atoms with E-state index in [-0.39, 0.29) is 11.4 Å². The Kier molecular flexibility index (Phi) is 6.85. The van der Waals surface area contributed by atoms with Crippen molar-refractivity contribution < 1.29 is 9.53 Å². The van der Waals surface area contributed by atoms with E-state index in [0.29, 0.717) is 18.0 Å². The van der Waals surface area contributed by atoms with Crippen LogP contribution in [0, 0.1) is 0 Å². The lowest BCUT2D eigenvalue weighted by molar-refractivity contribution is -0.134. The van der Waals surface area contributed by atoms with Crippen LogP contribution >= 0.6 is 12.2 Å². The number of hydrogen-bond donors (Lipinski definition) is 1. The van der Waals surface area contributed by atoms with Crippen molar-refractivity contribution in [2.24, 2.45) is 5.73 Å². The summed E-state index contributed by atoms with van der Waals surface area (Å²) >= 11 is 5.11. The fourth-order valence-electron chi connectivity index (χ4n) is 2.23. The Morgan fingerprint density at radius 1 is 1.25 bits per heavy atom. The molecule has 1 amide bonds. The first-order chi connectivity index (χ1) is 9.39. The van der Waals surface area contributed by atoms with Gasteiger partial charge in [-0.05, 0) is 20.3 Å². The van der Waals surface area contributed by atoms with Crippen LogP contribution in [0.2, 0.25) is 0 Å². The number of hydrogen-bond acceptors (Lipinski definition) is 4. The fourth-order valence-corrected chi connectivity index (χ4v) is 2.36. The van der Waals surface area contributed by atoms with E-state index in [1.807, 2.05) is 18.7 Å². The lowest BCUT2D eigenvalue weighted by Crippen LogP contribution is -2.59. The predicted molar refractivity (Wildman–Crippen MR) is 84.7 cm³/mol. The molecule has 0 aromatic heterocycles. The maximum atomic E-state index is 12.0. The van der Waals surface area contributed by atoms with Gasteiger partial charge < -0.3 is 15.4 Å². The molecule has 0 aromatic rings. The summed E-state index contributed by atoms with van der Waals surface area (Å²) in [6.07, 6.45) is 1.46. The van der Waals surface area contributed by atoms with Gasteiger partial charge >= 0.3 is 0 Å². The average Bonchev–Trinajstić information content (AvgIpc) is 2.43. The number of amides is 1. The summed E-state index contributed by atoms with van der Waals surface area (Å²) in [5.74, 6) is 0.175. The van der Waals surface area contributed by atoms with E-state index in [1.54, 1.807) is 0 Å². The molecular formula is C14H27N3O2S. The van der Waals surface area contributed by atoms with Gasteiger partial charge in [-0.25, -0.2) is 0 Å². The quantitative estimate of drug-likeness (QED) is 0.562. The molecule has 5 nitrogen and oxygen atoms in total. The Labute approximate surface area is 127 Å². The van der Waals surface area contributed by atoms with E-state index in [2.05, 4.69) is 11.8 Å². The van der Waals surface area contributed by atoms with Gasteiger partial charge in [-0.3, -0.25) is 9.69 Å². The van der Waals surface area contributed by atoms with E-state index in [0.717, 1.165) is 39.2 Å². The molecule has 0 bridgehead atoms. The van der Waals surface area contributed by atoms with Crippen molar-refractivity contribution in [2.45, 2.75) is 39.2 Å². The number of nitrogens with zero attached hydrogens (tertiary/aromatic N) is 2. The maximum absolute atomic E-state index is 12.0. The second-order valence-electron chi connectivity index (χ2n) is 5.65. The van der Waals surface area contributed by atoms with Crippen LogP contribution in [0.3, 0.4) is 0 Å². The number of carbonyl (C=O) groups is 1. The van der Waals surface area contributed by atoms with Gasteiger partial charge in [0, 0.05) is 32.8 Å². The van der Waals surface area contributed by atoms with Crippen LogP contribution in [-0.4, -0.2) is 65.6 Å². The van der Waals surface area contributed by atoms with E-state index >= 15 is 0 Å². The van der Waals surface area contributed by atoms with Crippen molar-refractivity contribution >= 4 is 23.1 Å². The number of nitrogens with two attached hydrogens (primary N) is 1. The molecule has 6 heteroatoms. The number of thiocarbonyl (C=S) groups is 1. The number of carbonyl (C=O) groups excluding carboxylic acids is 1. The highest BCUT2D eigenvalue weighted by Crippen LogP contribution is 2.17. The van der Waals surface area contributed by atoms with Gasteiger partial charge in [0.25, 0.3) is 0 Å². The molecule has 1 aliphatic rings. The fraction of sp³-hybridized carbons (Fsp3) is 0.857. The predicted octanol–water partition coefficient (Wildman–Crippen LogP) is 1.01. The van der Waals surface area contributed by atoms with E-state index in [4.69, 9.17) is 22.7 Å². The van der Waals surface area contributed by atoms with Gasteiger partial charge in [-0.2, -0.15) is 0 Å². The average molecular weight is 301 g/mol. The molecule has 1 rings (SSSR count). The zero-order chi connectivity index (χ0) is 15.2. The van der Waals surface area contributed by atoms with Crippen molar-refractivity contribution in [1.82, 2.24) is 9.80 Å². The summed E-state index contributed by atoms with van der Waals surface area (Å²) in [5.41, 5.74) is 5.50. The van der Waals surface area contributed by atoms with Crippen LogP contribution in [0.15, 0.2) is 0 Å². The van der Waals surface area contributed by atoms with Crippen molar-refractivity contribution in [3.63, 3.8) is 0 Å². The summed E-state index contributed by atoms with van der Waals surface area (Å²) in [6.45, 7) is 10.5. The Bertz CT molecular complexity index is 339. The molecule has 2 N–H and O–H groups in total. The van der Waals surface area contributed by atoms with E-state index in [1.165, 1.54) is 0 Å². The van der Waals surface area contributed by atoms with Crippen LogP contribution < -0.4 is 5.73 Å². The van der Waals surface area contributed by atoms with Gasteiger partial charge in [0.2, 0.25) is 5.91 Å². The lowest BCUT2D eigenvalue weighted by Gasteiger charge is -2.43. The molecule has 116 valence electrons. The van der Waals surface area contributed by atoms with Crippen molar-refractivity contribution in [2.75, 3.05) is 39.4 Å². The number of ether oxygens (including phenoxy) is 1. The third kappa shape index (κ3) is 4.68. The summed E-state index contributed by atoms with van der Waals surface area (Å²) in [5, 5.41) is 0. The molecule has 1 heterocycles. The zero-order valence-electron chi connectivity index (χ0n) is 12.9. The Hall–Kier alpha value is -0.720. The summed E-state index contributed by atoms with van der Waals surface area (Å²) in [6, 6.07) is 0. The Morgan fingerprint density at radius 2 is 1.85 bits per heavy atom. The number of rotatable bonds is 7. The molecule has 0 aromatic carbocycles. The molecule has 1 fully saturated rings. The first-order valence-corrected chi connectivity index (χ1v) is 7.71. The molecular weight excluding hydrogens is 274 g/mol. The van der Waals surface area contributed by atoms with E-state index in [9.17, 15) is 4.79 Å². The highest BCUT2D eigenvalue weighted by atomic mass is 32.1. The SMILES string of the molecule is CCCOCCC(=O)N1CCN(C(C)(C)C(N)=S)CC1.